The van der Waals surface area contributed by atoms with E-state index in [1.54, 1.807) is 12.1 Å². The van der Waals surface area contributed by atoms with Gasteiger partial charge in [-0.2, -0.15) is 0 Å². The van der Waals surface area contributed by atoms with Crippen molar-refractivity contribution in [2.75, 3.05) is 7.11 Å². The summed E-state index contributed by atoms with van der Waals surface area (Å²) in [6.07, 6.45) is 0.948. The number of aliphatic carboxylic acids is 1. The summed E-state index contributed by atoms with van der Waals surface area (Å²) in [5.41, 5.74) is -0.640. The maximum absolute atomic E-state index is 11.5. The number of carbonyl (C=O) groups excluding carboxylic acids is 1. The summed E-state index contributed by atoms with van der Waals surface area (Å²) in [5.74, 6) is -1.12. The molecule has 1 amide bonds. The Morgan fingerprint density at radius 1 is 1.42 bits per heavy atom. The topological polar surface area (TPSA) is 75.6 Å². The monoisotopic (exact) mass is 263 g/mol. The highest BCUT2D eigenvalue weighted by molar-refractivity contribution is 5.85. The number of rotatable bonds is 6. The second-order valence-corrected chi connectivity index (χ2v) is 4.16. The summed E-state index contributed by atoms with van der Waals surface area (Å²) in [7, 11) is 1.19. The summed E-state index contributed by atoms with van der Waals surface area (Å²) >= 11 is 0. The van der Waals surface area contributed by atoms with Crippen molar-refractivity contribution in [2.24, 2.45) is 0 Å². The first-order valence-electron chi connectivity index (χ1n) is 5.78. The number of carboxylic acids is 1. The smallest absolute Gasteiger partial charge is 0.407 e. The molecule has 102 valence electrons. The quantitative estimate of drug-likeness (QED) is 0.769. The molecule has 0 aliphatic rings. The zero-order valence-electron chi connectivity index (χ0n) is 10.8. The van der Waals surface area contributed by atoms with E-state index in [9.17, 15) is 14.7 Å². The van der Waals surface area contributed by atoms with Crippen molar-refractivity contribution in [3.05, 3.63) is 48.6 Å². The van der Waals surface area contributed by atoms with Gasteiger partial charge in [0.2, 0.25) is 0 Å². The molecule has 1 unspecified atom stereocenters. The third-order valence-electron chi connectivity index (χ3n) is 2.78. The summed E-state index contributed by atoms with van der Waals surface area (Å²) in [6, 6.07) is 9.08. The van der Waals surface area contributed by atoms with Crippen molar-refractivity contribution in [3.63, 3.8) is 0 Å². The summed E-state index contributed by atoms with van der Waals surface area (Å²) in [5, 5.41) is 11.8. The van der Waals surface area contributed by atoms with E-state index in [0.29, 0.717) is 0 Å². The van der Waals surface area contributed by atoms with Crippen LogP contribution in [0.2, 0.25) is 0 Å². The molecule has 0 heterocycles. The van der Waals surface area contributed by atoms with Crippen molar-refractivity contribution in [1.82, 2.24) is 5.32 Å². The van der Waals surface area contributed by atoms with Crippen LogP contribution in [0.5, 0.6) is 0 Å². The van der Waals surface area contributed by atoms with Crippen LogP contribution in [0.25, 0.3) is 0 Å². The minimum atomic E-state index is -1.45. The maximum atomic E-state index is 11.5. The highest BCUT2D eigenvalue weighted by atomic mass is 16.5. The molecule has 5 nitrogen and oxygen atoms in total. The van der Waals surface area contributed by atoms with Gasteiger partial charge in [-0.05, 0) is 12.0 Å². The van der Waals surface area contributed by atoms with E-state index in [4.69, 9.17) is 0 Å². The number of nitrogens with one attached hydrogen (secondary N) is 1. The Labute approximate surface area is 111 Å². The summed E-state index contributed by atoms with van der Waals surface area (Å²) in [6.45, 7) is 3.55. The minimum absolute atomic E-state index is 0.103. The molecule has 0 aliphatic carbocycles. The van der Waals surface area contributed by atoms with E-state index in [0.717, 1.165) is 5.56 Å². The van der Waals surface area contributed by atoms with Crippen molar-refractivity contribution in [3.8, 4) is 0 Å². The molecule has 0 radical (unpaired) electrons. The molecular formula is C14H17NO4. The standard InChI is InChI=1S/C14H17NO4/c1-3-9-14(12(16)17,15-13(18)19-2)10-11-7-5-4-6-8-11/h3-8H,1,9-10H2,2H3,(H,15,18)(H,16,17). The highest BCUT2D eigenvalue weighted by Crippen LogP contribution is 2.19. The third kappa shape index (κ3) is 3.84. The molecular weight excluding hydrogens is 246 g/mol. The van der Waals surface area contributed by atoms with E-state index in [1.165, 1.54) is 13.2 Å². The molecule has 0 aromatic heterocycles. The Kier molecular flexibility index (Phi) is 5.11. The van der Waals surface area contributed by atoms with Gasteiger partial charge in [0.05, 0.1) is 7.11 Å². The first kappa shape index (κ1) is 14.8. The van der Waals surface area contributed by atoms with E-state index >= 15 is 0 Å². The lowest BCUT2D eigenvalue weighted by atomic mass is 9.87. The Bertz CT molecular complexity index is 458. The predicted octanol–water partition coefficient (Wildman–Crippen LogP) is 1.98. The van der Waals surface area contributed by atoms with Gasteiger partial charge >= 0.3 is 12.1 Å². The van der Waals surface area contributed by atoms with Gasteiger partial charge in [-0.1, -0.05) is 36.4 Å². The van der Waals surface area contributed by atoms with Crippen LogP contribution in [0.15, 0.2) is 43.0 Å². The number of hydrogen-bond acceptors (Lipinski definition) is 3. The molecule has 1 aromatic carbocycles. The molecule has 0 saturated heterocycles. The fourth-order valence-corrected chi connectivity index (χ4v) is 1.82. The second kappa shape index (κ2) is 6.58. The summed E-state index contributed by atoms with van der Waals surface area (Å²) < 4.78 is 4.49. The largest absolute Gasteiger partial charge is 0.479 e. The Hall–Kier alpha value is -2.30. The number of hydrogen-bond donors (Lipinski definition) is 2. The zero-order chi connectivity index (χ0) is 14.3. The number of methoxy groups -OCH3 is 1. The molecule has 1 rings (SSSR count). The first-order valence-corrected chi connectivity index (χ1v) is 5.78. The van der Waals surface area contributed by atoms with Crippen LogP contribution in [-0.4, -0.2) is 29.8 Å². The molecule has 19 heavy (non-hydrogen) atoms. The van der Waals surface area contributed by atoms with E-state index in [-0.39, 0.29) is 12.8 Å². The van der Waals surface area contributed by atoms with Gasteiger partial charge in [-0.15, -0.1) is 6.58 Å². The predicted molar refractivity (Wildman–Crippen MR) is 70.9 cm³/mol. The minimum Gasteiger partial charge on any atom is -0.479 e. The lowest BCUT2D eigenvalue weighted by Crippen LogP contribution is -2.55. The number of carboxylic acid groups (broad SMARTS) is 1. The molecule has 0 aliphatic heterocycles. The first-order chi connectivity index (χ1) is 9.04. The van der Waals surface area contributed by atoms with Crippen LogP contribution in [0.4, 0.5) is 4.79 Å². The fraction of sp³-hybridized carbons (Fsp3) is 0.286. The van der Waals surface area contributed by atoms with Crippen molar-refractivity contribution in [1.29, 1.82) is 0 Å². The number of alkyl carbamates (subject to hydrolysis) is 1. The Morgan fingerprint density at radius 2 is 2.05 bits per heavy atom. The van der Waals surface area contributed by atoms with Gasteiger partial charge < -0.3 is 15.2 Å². The van der Waals surface area contributed by atoms with Crippen molar-refractivity contribution >= 4 is 12.1 Å². The molecule has 0 fully saturated rings. The van der Waals surface area contributed by atoms with E-state index in [1.807, 2.05) is 18.2 Å². The molecule has 2 N–H and O–H groups in total. The molecule has 0 bridgehead atoms. The molecule has 1 aromatic rings. The number of carbonyl (C=O) groups is 2. The number of benzene rings is 1. The van der Waals surface area contributed by atoms with Crippen LogP contribution in [-0.2, 0) is 16.0 Å². The average molecular weight is 263 g/mol. The van der Waals surface area contributed by atoms with Crippen molar-refractivity contribution < 1.29 is 19.4 Å². The van der Waals surface area contributed by atoms with Gasteiger partial charge in [-0.3, -0.25) is 0 Å². The van der Waals surface area contributed by atoms with Gasteiger partial charge in [0, 0.05) is 6.42 Å². The number of amides is 1. The number of ether oxygens (including phenoxy) is 1. The normalized spacial score (nSPS) is 13.1. The van der Waals surface area contributed by atoms with E-state index in [2.05, 4.69) is 16.6 Å². The molecule has 0 spiro atoms. The molecule has 5 heteroatoms. The molecule has 0 saturated carbocycles. The van der Waals surface area contributed by atoms with Crippen LogP contribution in [0, 0.1) is 0 Å². The zero-order valence-corrected chi connectivity index (χ0v) is 10.8. The third-order valence-corrected chi connectivity index (χ3v) is 2.78. The Morgan fingerprint density at radius 3 is 2.53 bits per heavy atom. The summed E-state index contributed by atoms with van der Waals surface area (Å²) in [4.78, 5) is 22.9. The Balaban J connectivity index is 3.05. The van der Waals surface area contributed by atoms with Crippen LogP contribution >= 0.6 is 0 Å². The van der Waals surface area contributed by atoms with Gasteiger partial charge in [-0.25, -0.2) is 9.59 Å². The van der Waals surface area contributed by atoms with Crippen LogP contribution < -0.4 is 5.32 Å². The molecule has 1 atom stereocenters. The van der Waals surface area contributed by atoms with Crippen molar-refractivity contribution in [2.45, 2.75) is 18.4 Å². The van der Waals surface area contributed by atoms with E-state index < -0.39 is 17.6 Å². The maximum Gasteiger partial charge on any atom is 0.407 e. The van der Waals surface area contributed by atoms with Crippen LogP contribution in [0.1, 0.15) is 12.0 Å². The van der Waals surface area contributed by atoms with Gasteiger partial charge in [0.25, 0.3) is 0 Å². The van der Waals surface area contributed by atoms with Crippen LogP contribution in [0.3, 0.4) is 0 Å². The lowest BCUT2D eigenvalue weighted by molar-refractivity contribution is -0.144. The fourth-order valence-electron chi connectivity index (χ4n) is 1.82. The lowest BCUT2D eigenvalue weighted by Gasteiger charge is -2.29. The SMILES string of the molecule is C=CCC(Cc1ccccc1)(NC(=O)OC)C(=O)O. The van der Waals surface area contributed by atoms with Gasteiger partial charge in [0.15, 0.2) is 0 Å². The second-order valence-electron chi connectivity index (χ2n) is 4.16. The highest BCUT2D eigenvalue weighted by Gasteiger charge is 2.39. The van der Waals surface area contributed by atoms with Gasteiger partial charge in [0.1, 0.15) is 5.54 Å². The average Bonchev–Trinajstić information content (AvgIpc) is 2.39.